The van der Waals surface area contributed by atoms with Crippen LogP contribution in [-0.2, 0) is 6.54 Å². The number of hydrogen-bond donors (Lipinski definition) is 0. The number of imide groups is 1. The van der Waals surface area contributed by atoms with Crippen LogP contribution in [-0.4, -0.2) is 48.0 Å². The lowest BCUT2D eigenvalue weighted by Gasteiger charge is -2.23. The first-order valence-electron chi connectivity index (χ1n) is 12.5. The summed E-state index contributed by atoms with van der Waals surface area (Å²) < 4.78 is 7.90. The van der Waals surface area contributed by atoms with E-state index in [4.69, 9.17) is 16.3 Å². The third-order valence-corrected chi connectivity index (χ3v) is 9.12. The number of aromatic nitrogens is 2. The Morgan fingerprint density at radius 2 is 1.59 bits per heavy atom. The third kappa shape index (κ3) is 4.47. The molecule has 0 unspecified atom stereocenters. The van der Waals surface area contributed by atoms with Gasteiger partial charge in [-0.05, 0) is 48.7 Å². The molecule has 0 radical (unpaired) electrons. The summed E-state index contributed by atoms with van der Waals surface area (Å²) >= 11 is 6.72. The summed E-state index contributed by atoms with van der Waals surface area (Å²) in [7, 11) is -0.201. The molecular formula is C29H30ClN3O3Si. The van der Waals surface area contributed by atoms with Gasteiger partial charge in [0.05, 0.1) is 31.8 Å². The van der Waals surface area contributed by atoms with E-state index in [0.29, 0.717) is 29.2 Å². The van der Waals surface area contributed by atoms with Gasteiger partial charge in [-0.3, -0.25) is 14.5 Å². The molecule has 0 saturated heterocycles. The lowest BCUT2D eigenvalue weighted by atomic mass is 10.1. The number of unbranched alkanes of at least 4 members (excludes halogenated alkanes) is 1. The molecule has 6 nitrogen and oxygen atoms in total. The molecule has 4 aromatic rings. The van der Waals surface area contributed by atoms with Gasteiger partial charge in [-0.25, -0.2) is 4.98 Å². The Morgan fingerprint density at radius 3 is 2.24 bits per heavy atom. The van der Waals surface area contributed by atoms with Crippen LogP contribution in [0.25, 0.3) is 22.0 Å². The van der Waals surface area contributed by atoms with Crippen molar-refractivity contribution in [3.63, 3.8) is 0 Å². The first-order valence-corrected chi connectivity index (χ1v) is 16.4. The molecule has 3 heterocycles. The zero-order chi connectivity index (χ0) is 26.3. The summed E-state index contributed by atoms with van der Waals surface area (Å²) in [4.78, 5) is 31.3. The molecule has 2 amide bonds. The van der Waals surface area contributed by atoms with Crippen LogP contribution in [0.15, 0.2) is 60.8 Å². The maximum Gasteiger partial charge on any atom is 0.261 e. The van der Waals surface area contributed by atoms with Gasteiger partial charge in [-0.1, -0.05) is 55.5 Å². The van der Waals surface area contributed by atoms with Gasteiger partial charge in [0.1, 0.15) is 10.9 Å². The third-order valence-electron chi connectivity index (χ3n) is 6.89. The number of benzene rings is 2. The molecule has 1 aliphatic rings. The van der Waals surface area contributed by atoms with Crippen LogP contribution in [0.1, 0.15) is 33.6 Å². The number of hydrogen-bond acceptors (Lipinski definition) is 4. The molecule has 0 bridgehead atoms. The first-order chi connectivity index (χ1) is 17.7. The number of carbonyl (C=O) groups excluding carboxylic acids is 2. The molecule has 5 rings (SSSR count). The highest BCUT2D eigenvalue weighted by atomic mass is 35.5. The molecule has 2 aromatic carbocycles. The number of carbonyl (C=O) groups is 2. The number of rotatable bonds is 8. The van der Waals surface area contributed by atoms with Crippen molar-refractivity contribution in [2.45, 2.75) is 39.0 Å². The van der Waals surface area contributed by atoms with Crippen molar-refractivity contribution >= 4 is 47.7 Å². The minimum Gasteiger partial charge on any atom is -0.497 e. The Labute approximate surface area is 222 Å². The zero-order valence-electron chi connectivity index (χ0n) is 21.5. The van der Waals surface area contributed by atoms with E-state index in [0.717, 1.165) is 40.7 Å². The summed E-state index contributed by atoms with van der Waals surface area (Å²) in [5, 5.41) is 2.74. The highest BCUT2D eigenvalue weighted by Crippen LogP contribution is 2.36. The van der Waals surface area contributed by atoms with E-state index in [1.165, 1.54) is 10.2 Å². The van der Waals surface area contributed by atoms with Crippen molar-refractivity contribution in [3.05, 3.63) is 77.1 Å². The quantitative estimate of drug-likeness (QED) is 0.121. The van der Waals surface area contributed by atoms with Gasteiger partial charge in [0.2, 0.25) is 0 Å². The normalized spacial score (nSPS) is 13.5. The maximum atomic E-state index is 12.8. The summed E-state index contributed by atoms with van der Waals surface area (Å²) in [5.41, 5.74) is 4.22. The highest BCUT2D eigenvalue weighted by molar-refractivity contribution is 6.89. The van der Waals surface area contributed by atoms with Gasteiger partial charge >= 0.3 is 0 Å². The molecule has 37 heavy (non-hydrogen) atoms. The Balaban J connectivity index is 1.47. The van der Waals surface area contributed by atoms with Crippen molar-refractivity contribution in [2.24, 2.45) is 0 Å². The predicted octanol–water partition coefficient (Wildman–Crippen LogP) is 5.99. The van der Waals surface area contributed by atoms with Crippen LogP contribution in [0.5, 0.6) is 5.75 Å². The zero-order valence-corrected chi connectivity index (χ0v) is 23.3. The standard InChI is InChI=1S/C29H30ClN3O3Si/c1-36-20-11-9-10-19(18-20)24-25-23(14-15-31-26(25)30)32(29(24)37(2,3)4)16-7-8-17-33-27(34)21-12-5-6-13-22(21)28(33)35/h5-6,9-15,18H,7-8,16-17H2,1-4H3. The SMILES string of the molecule is COc1cccc(-c2c([Si](C)(C)C)n(CCCCN3C(=O)c4ccccc4C3=O)c3ccnc(Cl)c23)c1. The fourth-order valence-corrected chi connectivity index (χ4v) is 7.62. The number of ether oxygens (including phenoxy) is 1. The van der Waals surface area contributed by atoms with Gasteiger partial charge in [0.25, 0.3) is 11.8 Å². The van der Waals surface area contributed by atoms with Crippen LogP contribution < -0.4 is 10.1 Å². The number of nitrogens with zero attached hydrogens (tertiary/aromatic N) is 3. The molecule has 190 valence electrons. The van der Waals surface area contributed by atoms with E-state index < -0.39 is 8.07 Å². The highest BCUT2D eigenvalue weighted by Gasteiger charge is 2.35. The predicted molar refractivity (Wildman–Crippen MR) is 151 cm³/mol. The van der Waals surface area contributed by atoms with Crippen molar-refractivity contribution in [2.75, 3.05) is 13.7 Å². The Bertz CT molecular complexity index is 1490. The van der Waals surface area contributed by atoms with Crippen LogP contribution in [0, 0.1) is 0 Å². The number of methoxy groups -OCH3 is 1. The van der Waals surface area contributed by atoms with E-state index in [1.807, 2.05) is 24.3 Å². The number of fused-ring (bicyclic) bond motifs is 2. The molecule has 2 aromatic heterocycles. The van der Waals surface area contributed by atoms with Crippen LogP contribution in [0.3, 0.4) is 0 Å². The molecule has 0 spiro atoms. The van der Waals surface area contributed by atoms with Crippen molar-refractivity contribution in [3.8, 4) is 16.9 Å². The first kappa shape index (κ1) is 25.2. The minimum atomic E-state index is -1.87. The van der Waals surface area contributed by atoms with Gasteiger partial charge in [0, 0.05) is 35.6 Å². The molecule has 8 heteroatoms. The van der Waals surface area contributed by atoms with E-state index in [2.05, 4.69) is 35.3 Å². The van der Waals surface area contributed by atoms with E-state index in [9.17, 15) is 9.59 Å². The number of amides is 2. The lowest BCUT2D eigenvalue weighted by molar-refractivity contribution is 0.0651. The minimum absolute atomic E-state index is 0.201. The Morgan fingerprint density at radius 1 is 0.919 bits per heavy atom. The largest absolute Gasteiger partial charge is 0.497 e. The summed E-state index contributed by atoms with van der Waals surface area (Å²) in [6.45, 7) is 8.16. The fourth-order valence-electron chi connectivity index (χ4n) is 5.31. The summed E-state index contributed by atoms with van der Waals surface area (Å²) in [5.74, 6) is 0.391. The van der Waals surface area contributed by atoms with Crippen LogP contribution in [0.4, 0.5) is 0 Å². The molecule has 0 N–H and O–H groups in total. The van der Waals surface area contributed by atoms with Gasteiger partial charge < -0.3 is 9.30 Å². The monoisotopic (exact) mass is 531 g/mol. The molecule has 0 aliphatic carbocycles. The summed E-state index contributed by atoms with van der Waals surface area (Å²) in [6.07, 6.45) is 3.28. The number of pyridine rings is 1. The van der Waals surface area contributed by atoms with E-state index >= 15 is 0 Å². The smallest absolute Gasteiger partial charge is 0.261 e. The molecule has 0 saturated carbocycles. The average Bonchev–Trinajstić information content (AvgIpc) is 3.35. The number of aryl methyl sites for hydroxylation is 1. The second-order valence-corrected chi connectivity index (χ2v) is 15.7. The maximum absolute atomic E-state index is 12.8. The van der Waals surface area contributed by atoms with E-state index in [1.54, 1.807) is 37.6 Å². The van der Waals surface area contributed by atoms with Crippen molar-refractivity contribution in [1.82, 2.24) is 14.5 Å². The van der Waals surface area contributed by atoms with Crippen molar-refractivity contribution < 1.29 is 14.3 Å². The molecule has 0 fully saturated rings. The van der Waals surface area contributed by atoms with Gasteiger partial charge in [-0.2, -0.15) is 0 Å². The average molecular weight is 532 g/mol. The van der Waals surface area contributed by atoms with Crippen LogP contribution in [0.2, 0.25) is 24.8 Å². The lowest BCUT2D eigenvalue weighted by Crippen LogP contribution is -2.44. The van der Waals surface area contributed by atoms with E-state index in [-0.39, 0.29) is 11.8 Å². The van der Waals surface area contributed by atoms with Crippen LogP contribution >= 0.6 is 11.6 Å². The topological polar surface area (TPSA) is 64.4 Å². The van der Waals surface area contributed by atoms with Gasteiger partial charge in [0.15, 0.2) is 0 Å². The van der Waals surface area contributed by atoms with Gasteiger partial charge in [-0.15, -0.1) is 0 Å². The second-order valence-electron chi connectivity index (χ2n) is 10.4. The number of halogens is 1. The molecule has 1 aliphatic heterocycles. The second kappa shape index (κ2) is 9.80. The Kier molecular flexibility index (Phi) is 6.68. The Hall–Kier alpha value is -3.42. The molecular weight excluding hydrogens is 502 g/mol. The van der Waals surface area contributed by atoms with Crippen molar-refractivity contribution in [1.29, 1.82) is 0 Å². The molecule has 0 atom stereocenters. The summed E-state index contributed by atoms with van der Waals surface area (Å²) in [6, 6.07) is 17.1. The fraction of sp³-hybridized carbons (Fsp3) is 0.276.